The lowest BCUT2D eigenvalue weighted by Gasteiger charge is -2.33. The van der Waals surface area contributed by atoms with Gasteiger partial charge in [0.05, 0.1) is 55.8 Å². The Kier molecular flexibility index (Phi) is 17.1. The molecule has 0 spiro atoms. The van der Waals surface area contributed by atoms with E-state index in [9.17, 15) is 32.8 Å². The Balaban J connectivity index is 0.717. The minimum Gasteiger partial charge on any atom is -0.395 e. The van der Waals surface area contributed by atoms with E-state index < -0.39 is 11.7 Å². The molecule has 2 aromatic carbocycles. The molecule has 17 nitrogen and oxygen atoms in total. The second-order valence-electron chi connectivity index (χ2n) is 17.0. The largest absolute Gasteiger partial charge is 0.586 e. The van der Waals surface area contributed by atoms with E-state index >= 15 is 0 Å². The number of nitrogens with one attached hydrogen (secondary N) is 3. The monoisotopic (exact) mass is 973 g/mol. The first-order valence-electron chi connectivity index (χ1n) is 22.8. The third-order valence-corrected chi connectivity index (χ3v) is 12.7. The third kappa shape index (κ3) is 13.9. The van der Waals surface area contributed by atoms with E-state index in [2.05, 4.69) is 25.4 Å². The Hall–Kier alpha value is -6.32. The van der Waals surface area contributed by atoms with Gasteiger partial charge in [0.1, 0.15) is 12.4 Å². The number of likely N-dealkylation sites (N-methyl/N-ethyl adjacent to an activating group) is 1. The maximum absolute atomic E-state index is 13.6. The summed E-state index contributed by atoms with van der Waals surface area (Å²) in [7, 11) is 3.84. The first-order valence-corrected chi connectivity index (χ1v) is 23.6. The molecule has 2 fully saturated rings. The van der Waals surface area contributed by atoms with Crippen molar-refractivity contribution in [2.24, 2.45) is 0 Å². The molecule has 0 bridgehead atoms. The van der Waals surface area contributed by atoms with Crippen molar-refractivity contribution < 1.29 is 56.4 Å². The van der Waals surface area contributed by atoms with E-state index in [0.717, 1.165) is 15.4 Å². The zero-order valence-electron chi connectivity index (χ0n) is 38.9. The number of ether oxygens (including phenoxy) is 5. The van der Waals surface area contributed by atoms with Crippen LogP contribution in [-0.4, -0.2) is 144 Å². The maximum Gasteiger partial charge on any atom is 0.586 e. The molecule has 1 aliphatic carbocycles. The highest BCUT2D eigenvalue weighted by Crippen LogP contribution is 2.52. The minimum absolute atomic E-state index is 0.0407. The quantitative estimate of drug-likeness (QED) is 0.0636. The first kappa shape index (κ1) is 50.6. The fourth-order valence-corrected chi connectivity index (χ4v) is 8.67. The number of pyridine rings is 1. The van der Waals surface area contributed by atoms with Crippen LogP contribution in [0.3, 0.4) is 0 Å². The highest BCUT2D eigenvalue weighted by Gasteiger charge is 2.53. The number of hydrogen-bond acceptors (Lipinski definition) is 13. The molecular formula is C49H57F2N7O10S. The van der Waals surface area contributed by atoms with Crippen LogP contribution in [-0.2, 0) is 45.2 Å². The van der Waals surface area contributed by atoms with Gasteiger partial charge in [0.15, 0.2) is 11.5 Å². The summed E-state index contributed by atoms with van der Waals surface area (Å²) in [5.41, 5.74) is 2.15. The van der Waals surface area contributed by atoms with E-state index in [1.807, 2.05) is 50.2 Å². The lowest BCUT2D eigenvalue weighted by molar-refractivity contribution is -0.286. The molecule has 0 radical (unpaired) electrons. The van der Waals surface area contributed by atoms with Crippen LogP contribution in [0.25, 0.3) is 11.3 Å². The SMILES string of the molecule is Cc1ccc(NC(=O)C2(c3ccc4c(c3)OC(F)(F)O4)CC2)nc1-c1cccc(C(=O)NCCOCCOCCOCCC(=O)NCCc2ccc(N3CCN(C(=O)/C=C/CN(C)C)CC3=O)s2)c1. The summed E-state index contributed by atoms with van der Waals surface area (Å²) in [5, 5.41) is 9.47. The number of nitrogens with zero attached hydrogens (tertiary/aromatic N) is 4. The topological polar surface area (TPSA) is 190 Å². The van der Waals surface area contributed by atoms with Gasteiger partial charge in [-0.05, 0) is 93.9 Å². The lowest BCUT2D eigenvalue weighted by atomic mass is 9.94. The maximum atomic E-state index is 13.6. The van der Waals surface area contributed by atoms with Crippen LogP contribution in [0.15, 0.2) is 78.9 Å². The van der Waals surface area contributed by atoms with E-state index in [1.165, 1.54) is 29.5 Å². The zero-order valence-corrected chi connectivity index (χ0v) is 39.7. The van der Waals surface area contributed by atoms with E-state index in [0.29, 0.717) is 100 Å². The lowest BCUT2D eigenvalue weighted by Crippen LogP contribution is -2.51. The van der Waals surface area contributed by atoms with Crippen LogP contribution in [0, 0.1) is 6.92 Å². The summed E-state index contributed by atoms with van der Waals surface area (Å²) in [4.78, 5) is 75.1. The number of fused-ring (bicyclic) bond motifs is 1. The van der Waals surface area contributed by atoms with Gasteiger partial charge in [-0.1, -0.05) is 30.3 Å². The zero-order chi connectivity index (χ0) is 49.0. The summed E-state index contributed by atoms with van der Waals surface area (Å²) >= 11 is 1.50. The summed E-state index contributed by atoms with van der Waals surface area (Å²) in [6, 6.07) is 18.8. The molecule has 1 saturated heterocycles. The highest BCUT2D eigenvalue weighted by atomic mass is 32.1. The van der Waals surface area contributed by atoms with Crippen molar-refractivity contribution in [1.29, 1.82) is 0 Å². The fraction of sp³-hybridized carbons (Fsp3) is 0.429. The van der Waals surface area contributed by atoms with Gasteiger partial charge in [0.2, 0.25) is 23.6 Å². The fourth-order valence-electron chi connectivity index (χ4n) is 7.62. The van der Waals surface area contributed by atoms with Crippen LogP contribution in [0.4, 0.5) is 19.6 Å². The Morgan fingerprint density at radius 3 is 2.38 bits per heavy atom. The molecule has 7 rings (SSSR count). The number of amides is 5. The molecule has 5 amide bonds. The summed E-state index contributed by atoms with van der Waals surface area (Å²) < 4.78 is 53.0. The normalized spacial score (nSPS) is 15.7. The number of anilines is 2. The number of carbonyl (C=O) groups is 5. The van der Waals surface area contributed by atoms with Crippen molar-refractivity contribution in [3.05, 3.63) is 100 Å². The molecule has 4 heterocycles. The van der Waals surface area contributed by atoms with Crippen molar-refractivity contribution in [2.75, 3.05) is 103 Å². The van der Waals surface area contributed by atoms with Gasteiger partial charge in [0, 0.05) is 61.2 Å². The number of piperazine rings is 1. The van der Waals surface area contributed by atoms with Crippen LogP contribution in [0.1, 0.15) is 45.6 Å². The van der Waals surface area contributed by atoms with E-state index in [4.69, 9.17) is 19.2 Å². The molecule has 4 aromatic rings. The number of thiophene rings is 1. The predicted octanol–water partition coefficient (Wildman–Crippen LogP) is 4.93. The predicted molar refractivity (Wildman–Crippen MR) is 254 cm³/mol. The molecule has 3 aliphatic rings. The molecule has 2 aliphatic heterocycles. The number of carbonyl (C=O) groups excluding carboxylic acids is 5. The smallest absolute Gasteiger partial charge is 0.395 e. The number of alkyl halides is 2. The van der Waals surface area contributed by atoms with Crippen molar-refractivity contribution in [2.45, 2.75) is 44.3 Å². The molecule has 1 saturated carbocycles. The Bertz CT molecular complexity index is 2520. The molecule has 368 valence electrons. The van der Waals surface area contributed by atoms with E-state index in [1.54, 1.807) is 46.2 Å². The molecule has 0 atom stereocenters. The molecule has 0 unspecified atom stereocenters. The van der Waals surface area contributed by atoms with Gasteiger partial charge in [-0.25, -0.2) is 4.98 Å². The van der Waals surface area contributed by atoms with Crippen LogP contribution >= 0.6 is 11.3 Å². The van der Waals surface area contributed by atoms with Gasteiger partial charge < -0.3 is 54.3 Å². The number of aromatic nitrogens is 1. The highest BCUT2D eigenvalue weighted by molar-refractivity contribution is 7.16. The van der Waals surface area contributed by atoms with Crippen molar-refractivity contribution in [1.82, 2.24) is 25.4 Å². The number of halogens is 2. The molecule has 69 heavy (non-hydrogen) atoms. The number of aryl methyl sites for hydroxylation is 1. The minimum atomic E-state index is -3.75. The summed E-state index contributed by atoms with van der Waals surface area (Å²) in [5.74, 6) is -0.911. The van der Waals surface area contributed by atoms with Gasteiger partial charge in [0.25, 0.3) is 5.91 Å². The Morgan fingerprint density at radius 2 is 1.62 bits per heavy atom. The van der Waals surface area contributed by atoms with Crippen molar-refractivity contribution in [3.63, 3.8) is 0 Å². The molecule has 20 heteroatoms. The molecule has 3 N–H and O–H groups in total. The van der Waals surface area contributed by atoms with Gasteiger partial charge in [-0.2, -0.15) is 0 Å². The van der Waals surface area contributed by atoms with Crippen molar-refractivity contribution >= 4 is 51.7 Å². The molecule has 2 aromatic heterocycles. The Labute approximate surface area is 403 Å². The number of benzene rings is 2. The van der Waals surface area contributed by atoms with Gasteiger partial charge in [-0.15, -0.1) is 20.1 Å². The number of hydrogen-bond donors (Lipinski definition) is 3. The number of rotatable bonds is 24. The molecular weight excluding hydrogens is 917 g/mol. The van der Waals surface area contributed by atoms with E-state index in [-0.39, 0.29) is 73.8 Å². The average molecular weight is 974 g/mol. The van der Waals surface area contributed by atoms with Gasteiger partial charge >= 0.3 is 6.29 Å². The third-order valence-electron chi connectivity index (χ3n) is 11.5. The van der Waals surface area contributed by atoms with Crippen LogP contribution < -0.4 is 30.3 Å². The first-order chi connectivity index (χ1) is 33.2. The summed E-state index contributed by atoms with van der Waals surface area (Å²) in [6.45, 7) is 6.01. The summed E-state index contributed by atoms with van der Waals surface area (Å²) in [6.07, 6.45) is 1.45. The standard InChI is InChI=1S/C49H57F2N7O10S/c1-33-9-13-40(55-47(63)48(17-18-48)36-10-12-38-39(31-36)68-49(50,51)67-38)54-45(33)34-6-4-7-35(30-34)46(62)53-20-25-65-27-29-66-28-26-64-24-16-41(59)52-19-15-37-11-14-44(69-37)58-23-22-57(32-43(58)61)42(60)8-5-21-56(2)3/h4-14,30-31H,15-29,32H2,1-3H3,(H,52,59)(H,53,62)(H,54,55,63)/b8-5+. The Morgan fingerprint density at radius 1 is 0.870 bits per heavy atom. The second-order valence-corrected chi connectivity index (χ2v) is 18.1. The van der Waals surface area contributed by atoms with Crippen LogP contribution in [0.2, 0.25) is 0 Å². The van der Waals surface area contributed by atoms with Crippen molar-refractivity contribution in [3.8, 4) is 22.8 Å². The average Bonchev–Trinajstić information content (AvgIpc) is 3.90. The van der Waals surface area contributed by atoms with Crippen LogP contribution in [0.5, 0.6) is 11.5 Å². The van der Waals surface area contributed by atoms with Gasteiger partial charge in [-0.3, -0.25) is 24.0 Å². The second kappa shape index (κ2) is 23.3.